The molecule has 0 spiro atoms. The average Bonchev–Trinajstić information content (AvgIpc) is 2.43. The fraction of sp³-hybridized carbons (Fsp3) is 0.333. The van der Waals surface area contributed by atoms with Crippen molar-refractivity contribution in [3.05, 3.63) is 64.7 Å². The van der Waals surface area contributed by atoms with Gasteiger partial charge in [0, 0.05) is 0 Å². The number of nitrogens with two attached hydrogens (primary N) is 1. The molecule has 2 N–H and O–H groups in total. The Kier molecular flexibility index (Phi) is 4.46. The van der Waals surface area contributed by atoms with Crippen LogP contribution in [0.15, 0.2) is 42.5 Å². The summed E-state index contributed by atoms with van der Waals surface area (Å²) in [7, 11) is 0. The molecule has 0 heterocycles. The van der Waals surface area contributed by atoms with E-state index in [1.165, 1.54) is 11.1 Å². The molecule has 0 aliphatic rings. The first kappa shape index (κ1) is 14.6. The topological polar surface area (TPSA) is 35.2 Å². The maximum atomic E-state index is 6.30. The number of hydrogen-bond acceptors (Lipinski definition) is 2. The smallest absolute Gasteiger partial charge is 0.122 e. The van der Waals surface area contributed by atoms with E-state index in [1.807, 2.05) is 6.92 Å². The Bertz CT molecular complexity index is 574. The van der Waals surface area contributed by atoms with E-state index in [1.54, 1.807) is 0 Å². The second kappa shape index (κ2) is 6.10. The second-order valence-corrected chi connectivity index (χ2v) is 5.53. The monoisotopic (exact) mass is 269 g/mol. The highest BCUT2D eigenvalue weighted by atomic mass is 16.5. The molecule has 106 valence electrons. The fourth-order valence-corrected chi connectivity index (χ4v) is 2.17. The van der Waals surface area contributed by atoms with Crippen LogP contribution < -0.4 is 10.5 Å². The first-order chi connectivity index (χ1) is 9.47. The summed E-state index contributed by atoms with van der Waals surface area (Å²) in [5.74, 6) is 0.917. The molecule has 0 fully saturated rings. The van der Waals surface area contributed by atoms with Crippen molar-refractivity contribution in [2.75, 3.05) is 0 Å². The molecule has 0 aromatic heterocycles. The zero-order chi connectivity index (χ0) is 14.7. The van der Waals surface area contributed by atoms with E-state index in [2.05, 4.69) is 63.2 Å². The van der Waals surface area contributed by atoms with Gasteiger partial charge in [0.1, 0.15) is 11.9 Å². The Morgan fingerprint density at radius 2 is 1.50 bits per heavy atom. The third-order valence-electron chi connectivity index (χ3n) is 3.62. The lowest BCUT2D eigenvalue weighted by Gasteiger charge is -2.23. The van der Waals surface area contributed by atoms with Gasteiger partial charge in [-0.05, 0) is 50.5 Å². The van der Waals surface area contributed by atoms with Crippen LogP contribution in [0.4, 0.5) is 0 Å². The molecule has 0 amide bonds. The largest absolute Gasteiger partial charge is 0.488 e. The molecule has 0 saturated carbocycles. The summed E-state index contributed by atoms with van der Waals surface area (Å²) < 4.78 is 6.05. The van der Waals surface area contributed by atoms with Crippen LogP contribution in [0.2, 0.25) is 0 Å². The molecular formula is C18H23NO. The van der Waals surface area contributed by atoms with Crippen molar-refractivity contribution in [2.45, 2.75) is 39.8 Å². The molecule has 0 radical (unpaired) electrons. The minimum Gasteiger partial charge on any atom is -0.488 e. The quantitative estimate of drug-likeness (QED) is 0.907. The van der Waals surface area contributed by atoms with Crippen LogP contribution in [0.3, 0.4) is 0 Å². The summed E-state index contributed by atoms with van der Waals surface area (Å²) >= 11 is 0. The minimum absolute atomic E-state index is 0.0711. The molecule has 2 unspecified atom stereocenters. The third kappa shape index (κ3) is 3.40. The Labute approximate surface area is 121 Å². The molecule has 2 aromatic rings. The number of hydrogen-bond donors (Lipinski definition) is 1. The molecule has 2 aromatic carbocycles. The van der Waals surface area contributed by atoms with Crippen molar-refractivity contribution in [1.29, 1.82) is 0 Å². The zero-order valence-corrected chi connectivity index (χ0v) is 12.7. The standard InChI is InChI=1S/C18H23NO/c1-12-6-9-16(10-7-12)18(19)15(4)20-17-11-13(2)5-8-14(17)3/h5-11,15,18H,19H2,1-4H3. The van der Waals surface area contributed by atoms with Gasteiger partial charge in [0.25, 0.3) is 0 Å². The van der Waals surface area contributed by atoms with Crippen LogP contribution >= 0.6 is 0 Å². The van der Waals surface area contributed by atoms with Gasteiger partial charge in [0.2, 0.25) is 0 Å². The normalized spacial score (nSPS) is 13.8. The van der Waals surface area contributed by atoms with Crippen LogP contribution in [-0.4, -0.2) is 6.10 Å². The lowest BCUT2D eigenvalue weighted by Crippen LogP contribution is -2.28. The van der Waals surface area contributed by atoms with Gasteiger partial charge in [-0.3, -0.25) is 0 Å². The summed E-state index contributed by atoms with van der Waals surface area (Å²) in [6.07, 6.45) is -0.0711. The van der Waals surface area contributed by atoms with E-state index in [-0.39, 0.29) is 12.1 Å². The Morgan fingerprint density at radius 1 is 0.900 bits per heavy atom. The van der Waals surface area contributed by atoms with E-state index in [0.29, 0.717) is 0 Å². The number of benzene rings is 2. The van der Waals surface area contributed by atoms with Gasteiger partial charge in [-0.15, -0.1) is 0 Å². The first-order valence-corrected chi connectivity index (χ1v) is 7.03. The van der Waals surface area contributed by atoms with Crippen molar-refractivity contribution in [1.82, 2.24) is 0 Å². The summed E-state index contributed by atoms with van der Waals surface area (Å²) in [6.45, 7) is 8.22. The van der Waals surface area contributed by atoms with Crippen molar-refractivity contribution in [3.63, 3.8) is 0 Å². The fourth-order valence-electron chi connectivity index (χ4n) is 2.17. The summed E-state index contributed by atoms with van der Waals surface area (Å²) in [6, 6.07) is 14.4. The van der Waals surface area contributed by atoms with E-state index >= 15 is 0 Å². The lowest BCUT2D eigenvalue weighted by atomic mass is 10.0. The number of aryl methyl sites for hydroxylation is 3. The Balaban J connectivity index is 2.13. The number of rotatable bonds is 4. The van der Waals surface area contributed by atoms with E-state index < -0.39 is 0 Å². The third-order valence-corrected chi connectivity index (χ3v) is 3.62. The summed E-state index contributed by atoms with van der Waals surface area (Å²) in [4.78, 5) is 0. The lowest BCUT2D eigenvalue weighted by molar-refractivity contribution is 0.189. The molecule has 20 heavy (non-hydrogen) atoms. The van der Waals surface area contributed by atoms with Gasteiger partial charge < -0.3 is 10.5 Å². The van der Waals surface area contributed by atoms with Crippen molar-refractivity contribution in [3.8, 4) is 5.75 Å². The molecule has 0 aliphatic heterocycles. The molecule has 2 rings (SSSR count). The molecular weight excluding hydrogens is 246 g/mol. The van der Waals surface area contributed by atoms with E-state index in [9.17, 15) is 0 Å². The summed E-state index contributed by atoms with van der Waals surface area (Å²) in [5, 5.41) is 0. The molecule has 2 atom stereocenters. The van der Waals surface area contributed by atoms with Gasteiger partial charge >= 0.3 is 0 Å². The highest BCUT2D eigenvalue weighted by molar-refractivity contribution is 5.36. The van der Waals surface area contributed by atoms with Crippen LogP contribution in [0, 0.1) is 20.8 Å². The maximum absolute atomic E-state index is 6.30. The SMILES string of the molecule is Cc1ccc(C(N)C(C)Oc2cc(C)ccc2C)cc1. The number of ether oxygens (including phenoxy) is 1. The molecule has 0 saturated heterocycles. The predicted molar refractivity (Wildman–Crippen MR) is 84.1 cm³/mol. The molecule has 0 aliphatic carbocycles. The maximum Gasteiger partial charge on any atom is 0.122 e. The molecule has 2 heteroatoms. The van der Waals surface area contributed by atoms with Crippen molar-refractivity contribution >= 4 is 0 Å². The highest BCUT2D eigenvalue weighted by Gasteiger charge is 2.17. The van der Waals surface area contributed by atoms with Crippen LogP contribution in [-0.2, 0) is 0 Å². The predicted octanol–water partition coefficient (Wildman–Crippen LogP) is 4.08. The summed E-state index contributed by atoms with van der Waals surface area (Å²) in [5.41, 5.74) is 11.0. The van der Waals surface area contributed by atoms with Gasteiger partial charge in [-0.1, -0.05) is 42.0 Å². The molecule has 0 bridgehead atoms. The van der Waals surface area contributed by atoms with Crippen LogP contribution in [0.5, 0.6) is 5.75 Å². The minimum atomic E-state index is -0.129. The van der Waals surface area contributed by atoms with Gasteiger partial charge in [0.15, 0.2) is 0 Å². The van der Waals surface area contributed by atoms with Crippen molar-refractivity contribution < 1.29 is 4.74 Å². The first-order valence-electron chi connectivity index (χ1n) is 7.03. The van der Waals surface area contributed by atoms with Crippen LogP contribution in [0.1, 0.15) is 35.2 Å². The molecule has 2 nitrogen and oxygen atoms in total. The van der Waals surface area contributed by atoms with Crippen molar-refractivity contribution in [2.24, 2.45) is 5.73 Å². The van der Waals surface area contributed by atoms with Gasteiger partial charge in [0.05, 0.1) is 6.04 Å². The van der Waals surface area contributed by atoms with Gasteiger partial charge in [-0.25, -0.2) is 0 Å². The Hall–Kier alpha value is -1.80. The average molecular weight is 269 g/mol. The van der Waals surface area contributed by atoms with Gasteiger partial charge in [-0.2, -0.15) is 0 Å². The second-order valence-electron chi connectivity index (χ2n) is 5.53. The van der Waals surface area contributed by atoms with E-state index in [0.717, 1.165) is 16.9 Å². The van der Waals surface area contributed by atoms with Crippen LogP contribution in [0.25, 0.3) is 0 Å². The van der Waals surface area contributed by atoms with E-state index in [4.69, 9.17) is 10.5 Å². The zero-order valence-electron chi connectivity index (χ0n) is 12.7. The highest BCUT2D eigenvalue weighted by Crippen LogP contribution is 2.24. The Morgan fingerprint density at radius 3 is 2.15 bits per heavy atom.